The van der Waals surface area contributed by atoms with Gasteiger partial charge < -0.3 is 9.80 Å². The zero-order valence-corrected chi connectivity index (χ0v) is 13.2. The lowest BCUT2D eigenvalue weighted by Gasteiger charge is -2.35. The van der Waals surface area contributed by atoms with Gasteiger partial charge in [-0.2, -0.15) is 5.10 Å². The number of piperazine rings is 1. The van der Waals surface area contributed by atoms with Crippen LogP contribution in [-0.2, 0) is 11.8 Å². The summed E-state index contributed by atoms with van der Waals surface area (Å²) in [6, 6.07) is 0. The maximum Gasteiger partial charge on any atom is 0.226 e. The van der Waals surface area contributed by atoms with Gasteiger partial charge in [-0.15, -0.1) is 0 Å². The number of aromatic nitrogens is 4. The van der Waals surface area contributed by atoms with Gasteiger partial charge in [-0.05, 0) is 17.9 Å². The summed E-state index contributed by atoms with van der Waals surface area (Å²) in [5.41, 5.74) is 1.18. The van der Waals surface area contributed by atoms with Crippen LogP contribution in [0.3, 0.4) is 0 Å². The number of rotatable bonds is 3. The first kappa shape index (κ1) is 14.2. The molecule has 2 aliphatic rings. The summed E-state index contributed by atoms with van der Waals surface area (Å²) < 4.78 is 1.80. The van der Waals surface area contributed by atoms with Gasteiger partial charge in [0.25, 0.3) is 0 Å². The lowest BCUT2D eigenvalue weighted by Crippen LogP contribution is -2.49. The van der Waals surface area contributed by atoms with E-state index in [-0.39, 0.29) is 11.8 Å². The molecule has 1 saturated carbocycles. The van der Waals surface area contributed by atoms with E-state index >= 15 is 0 Å². The van der Waals surface area contributed by atoms with Gasteiger partial charge in [0.1, 0.15) is 5.82 Å². The number of anilines is 1. The molecule has 1 saturated heterocycles. The molecule has 0 spiro atoms. The molecular formula is C16H20N6O. The van der Waals surface area contributed by atoms with Crippen molar-refractivity contribution in [3.63, 3.8) is 0 Å². The van der Waals surface area contributed by atoms with Crippen LogP contribution in [0.2, 0.25) is 0 Å². The first-order chi connectivity index (χ1) is 11.2. The minimum absolute atomic E-state index is 0.141. The van der Waals surface area contributed by atoms with Crippen molar-refractivity contribution in [1.29, 1.82) is 0 Å². The van der Waals surface area contributed by atoms with Crippen molar-refractivity contribution in [2.45, 2.75) is 12.3 Å². The van der Waals surface area contributed by atoms with Crippen LogP contribution in [0.5, 0.6) is 0 Å². The predicted octanol–water partition coefficient (Wildman–Crippen LogP) is 0.662. The molecule has 0 aromatic carbocycles. The van der Waals surface area contributed by atoms with Gasteiger partial charge in [0.05, 0.1) is 12.4 Å². The van der Waals surface area contributed by atoms with Gasteiger partial charge in [-0.25, -0.2) is 4.98 Å². The third kappa shape index (κ3) is 2.78. The van der Waals surface area contributed by atoms with Crippen LogP contribution in [0.15, 0.2) is 31.0 Å². The average molecular weight is 312 g/mol. The lowest BCUT2D eigenvalue weighted by molar-refractivity contribution is -0.133. The lowest BCUT2D eigenvalue weighted by atomic mass is 10.1. The second kappa shape index (κ2) is 5.64. The maximum absolute atomic E-state index is 12.6. The largest absolute Gasteiger partial charge is 0.352 e. The van der Waals surface area contributed by atoms with Gasteiger partial charge >= 0.3 is 0 Å². The van der Waals surface area contributed by atoms with E-state index in [0.29, 0.717) is 5.92 Å². The minimum Gasteiger partial charge on any atom is -0.352 e. The van der Waals surface area contributed by atoms with E-state index in [1.54, 1.807) is 23.3 Å². The summed E-state index contributed by atoms with van der Waals surface area (Å²) in [6.45, 7) is 3.14. The summed E-state index contributed by atoms with van der Waals surface area (Å²) in [4.78, 5) is 25.3. The second-order valence-electron chi connectivity index (χ2n) is 6.27. The highest BCUT2D eigenvalue weighted by Gasteiger charge is 2.46. The fourth-order valence-electron chi connectivity index (χ4n) is 3.31. The topological polar surface area (TPSA) is 67.2 Å². The van der Waals surface area contributed by atoms with Crippen LogP contribution in [0.25, 0.3) is 0 Å². The van der Waals surface area contributed by atoms with Crippen molar-refractivity contribution in [3.05, 3.63) is 36.5 Å². The number of aryl methyl sites for hydroxylation is 1. The fourth-order valence-corrected chi connectivity index (χ4v) is 3.31. The highest BCUT2D eigenvalue weighted by atomic mass is 16.2. The Kier molecular flexibility index (Phi) is 3.48. The smallest absolute Gasteiger partial charge is 0.226 e. The van der Waals surface area contributed by atoms with Crippen molar-refractivity contribution in [1.82, 2.24) is 24.6 Å². The predicted molar refractivity (Wildman–Crippen MR) is 84.9 cm³/mol. The molecule has 23 heavy (non-hydrogen) atoms. The van der Waals surface area contributed by atoms with Crippen molar-refractivity contribution >= 4 is 11.7 Å². The van der Waals surface area contributed by atoms with E-state index in [1.807, 2.05) is 24.3 Å². The van der Waals surface area contributed by atoms with Crippen molar-refractivity contribution < 1.29 is 4.79 Å². The first-order valence-electron chi connectivity index (χ1n) is 8.00. The summed E-state index contributed by atoms with van der Waals surface area (Å²) in [5.74, 6) is 1.67. The third-order valence-corrected chi connectivity index (χ3v) is 4.73. The third-order valence-electron chi connectivity index (χ3n) is 4.73. The molecule has 2 atom stereocenters. The summed E-state index contributed by atoms with van der Waals surface area (Å²) in [6.07, 6.45) is 10.0. The van der Waals surface area contributed by atoms with Crippen LogP contribution >= 0.6 is 0 Å². The Morgan fingerprint density at radius 1 is 1.17 bits per heavy atom. The molecule has 7 heteroatoms. The molecule has 2 aromatic rings. The Labute approximate surface area is 134 Å². The molecule has 0 radical (unpaired) electrons. The molecule has 120 valence electrons. The number of hydrogen-bond donors (Lipinski definition) is 0. The van der Waals surface area contributed by atoms with Crippen LogP contribution in [-0.4, -0.2) is 56.7 Å². The summed E-state index contributed by atoms with van der Waals surface area (Å²) in [7, 11) is 1.91. The summed E-state index contributed by atoms with van der Waals surface area (Å²) in [5, 5.41) is 4.20. The maximum atomic E-state index is 12.6. The number of hydrogen-bond acceptors (Lipinski definition) is 5. The van der Waals surface area contributed by atoms with Crippen molar-refractivity contribution in [2.75, 3.05) is 31.1 Å². The Morgan fingerprint density at radius 3 is 2.65 bits per heavy atom. The molecule has 0 unspecified atom stereocenters. The van der Waals surface area contributed by atoms with Gasteiger partial charge in [-0.1, -0.05) is 0 Å². The van der Waals surface area contributed by atoms with Gasteiger partial charge in [0.2, 0.25) is 5.91 Å². The number of amides is 1. The molecule has 1 aliphatic carbocycles. The number of carbonyl (C=O) groups is 1. The van der Waals surface area contributed by atoms with E-state index in [0.717, 1.165) is 38.4 Å². The molecule has 7 nitrogen and oxygen atoms in total. The number of nitrogens with zero attached hydrogens (tertiary/aromatic N) is 6. The summed E-state index contributed by atoms with van der Waals surface area (Å²) >= 11 is 0. The molecule has 2 aromatic heterocycles. The zero-order valence-electron chi connectivity index (χ0n) is 13.2. The van der Waals surface area contributed by atoms with E-state index in [9.17, 15) is 4.79 Å². The quantitative estimate of drug-likeness (QED) is 0.833. The Balaban J connectivity index is 1.33. The van der Waals surface area contributed by atoms with E-state index in [4.69, 9.17) is 0 Å². The van der Waals surface area contributed by atoms with Gasteiger partial charge in [0, 0.05) is 57.7 Å². The number of carbonyl (C=O) groups excluding carboxylic acids is 1. The molecule has 0 N–H and O–H groups in total. The van der Waals surface area contributed by atoms with Crippen LogP contribution in [0.1, 0.15) is 17.9 Å². The van der Waals surface area contributed by atoms with E-state index < -0.39 is 0 Å². The highest BCUT2D eigenvalue weighted by Crippen LogP contribution is 2.48. The Bertz CT molecular complexity index is 692. The SMILES string of the molecule is Cn1cc([C@H]2C[C@@H]2C(=O)N2CCN(c3cnccn3)CC2)cn1. The molecule has 0 bridgehead atoms. The standard InChI is InChI=1S/C16H20N6O/c1-20-11-12(9-19-20)13-8-14(13)16(23)22-6-4-21(5-7-22)15-10-17-2-3-18-15/h2-3,9-11,13-14H,4-8H2,1H3/t13-,14+/m1/s1. The highest BCUT2D eigenvalue weighted by molar-refractivity contribution is 5.83. The zero-order chi connectivity index (χ0) is 15.8. The molecule has 3 heterocycles. The Morgan fingerprint density at radius 2 is 2.00 bits per heavy atom. The molecule has 1 aliphatic heterocycles. The fraction of sp³-hybridized carbons (Fsp3) is 0.500. The molecule has 2 fully saturated rings. The Hall–Kier alpha value is -2.44. The van der Waals surface area contributed by atoms with E-state index in [2.05, 4.69) is 20.0 Å². The average Bonchev–Trinajstić information content (AvgIpc) is 3.29. The van der Waals surface area contributed by atoms with Crippen molar-refractivity contribution in [2.24, 2.45) is 13.0 Å². The monoisotopic (exact) mass is 312 g/mol. The minimum atomic E-state index is 0.141. The van der Waals surface area contributed by atoms with Crippen molar-refractivity contribution in [3.8, 4) is 0 Å². The molecular weight excluding hydrogens is 292 g/mol. The normalized spacial score (nSPS) is 23.9. The van der Waals surface area contributed by atoms with Gasteiger partial charge in [0.15, 0.2) is 0 Å². The second-order valence-corrected chi connectivity index (χ2v) is 6.27. The molecule has 1 amide bonds. The van der Waals surface area contributed by atoms with Crippen LogP contribution < -0.4 is 4.90 Å². The van der Waals surface area contributed by atoms with Crippen LogP contribution in [0, 0.1) is 5.92 Å². The van der Waals surface area contributed by atoms with Gasteiger partial charge in [-0.3, -0.25) is 14.5 Å². The molecule has 4 rings (SSSR count). The van der Waals surface area contributed by atoms with E-state index in [1.165, 1.54) is 5.56 Å². The van der Waals surface area contributed by atoms with Crippen LogP contribution in [0.4, 0.5) is 5.82 Å². The first-order valence-corrected chi connectivity index (χ1v) is 8.00.